The molecule has 1 amide bonds. The van der Waals surface area contributed by atoms with E-state index in [9.17, 15) is 4.79 Å². The van der Waals surface area contributed by atoms with Gasteiger partial charge < -0.3 is 14.5 Å². The van der Waals surface area contributed by atoms with E-state index < -0.39 is 0 Å². The number of ether oxygens (including phenoxy) is 1. The summed E-state index contributed by atoms with van der Waals surface area (Å²) in [5.74, 6) is 0.880. The second-order valence-electron chi connectivity index (χ2n) is 3.89. The van der Waals surface area contributed by atoms with E-state index in [1.165, 1.54) is 11.8 Å². The minimum absolute atomic E-state index is 0.229. The maximum absolute atomic E-state index is 11.5. The summed E-state index contributed by atoms with van der Waals surface area (Å²) in [6, 6.07) is 11.1. The van der Waals surface area contributed by atoms with E-state index in [2.05, 4.69) is 5.32 Å². The predicted molar refractivity (Wildman–Crippen MR) is 67.7 cm³/mol. The van der Waals surface area contributed by atoms with E-state index in [4.69, 9.17) is 9.15 Å². The van der Waals surface area contributed by atoms with Gasteiger partial charge in [-0.25, -0.2) is 0 Å². The molecule has 0 bridgehead atoms. The van der Waals surface area contributed by atoms with Crippen molar-refractivity contribution in [1.82, 2.24) is 5.32 Å². The van der Waals surface area contributed by atoms with E-state index in [0.29, 0.717) is 18.9 Å². The lowest BCUT2D eigenvalue weighted by molar-refractivity contribution is 0.0919. The minimum Gasteiger partial charge on any atom is -0.492 e. The molecule has 1 aromatic carbocycles. The summed E-state index contributed by atoms with van der Waals surface area (Å²) >= 11 is 0. The van der Waals surface area contributed by atoms with Crippen molar-refractivity contribution < 1.29 is 13.9 Å². The maximum Gasteiger partial charge on any atom is 0.287 e. The summed E-state index contributed by atoms with van der Waals surface area (Å²) < 4.78 is 10.5. The molecule has 4 nitrogen and oxygen atoms in total. The van der Waals surface area contributed by atoms with Crippen LogP contribution in [0.3, 0.4) is 0 Å². The number of benzene rings is 1. The normalized spacial score (nSPS) is 10.1. The fourth-order valence-corrected chi connectivity index (χ4v) is 1.46. The van der Waals surface area contributed by atoms with Crippen LogP contribution < -0.4 is 10.1 Å². The van der Waals surface area contributed by atoms with Crippen molar-refractivity contribution in [1.29, 1.82) is 0 Å². The second-order valence-corrected chi connectivity index (χ2v) is 3.89. The molecule has 0 saturated heterocycles. The zero-order valence-electron chi connectivity index (χ0n) is 10.2. The van der Waals surface area contributed by atoms with Gasteiger partial charge in [-0.15, -0.1) is 0 Å². The van der Waals surface area contributed by atoms with Crippen LogP contribution in [0.5, 0.6) is 5.75 Å². The number of amides is 1. The molecule has 0 spiro atoms. The van der Waals surface area contributed by atoms with Crippen LogP contribution in [-0.4, -0.2) is 19.1 Å². The molecule has 0 saturated carbocycles. The van der Waals surface area contributed by atoms with Crippen molar-refractivity contribution in [3.8, 4) is 5.75 Å². The molecule has 0 unspecified atom stereocenters. The highest BCUT2D eigenvalue weighted by molar-refractivity contribution is 5.91. The molecule has 0 fully saturated rings. The van der Waals surface area contributed by atoms with Crippen molar-refractivity contribution in [3.05, 3.63) is 54.0 Å². The molecule has 1 aromatic heterocycles. The molecule has 0 radical (unpaired) electrons. The Balaban J connectivity index is 1.70. The topological polar surface area (TPSA) is 51.5 Å². The molecule has 0 aliphatic heterocycles. The Kier molecular flexibility index (Phi) is 4.02. The third-order valence-corrected chi connectivity index (χ3v) is 2.42. The summed E-state index contributed by atoms with van der Waals surface area (Å²) in [6.07, 6.45) is 1.47. The molecule has 4 heteroatoms. The van der Waals surface area contributed by atoms with Crippen molar-refractivity contribution in [2.75, 3.05) is 13.2 Å². The van der Waals surface area contributed by atoms with Crippen LogP contribution in [0.1, 0.15) is 16.1 Å². The summed E-state index contributed by atoms with van der Waals surface area (Å²) in [4.78, 5) is 11.5. The van der Waals surface area contributed by atoms with Gasteiger partial charge in [-0.05, 0) is 31.2 Å². The lowest BCUT2D eigenvalue weighted by atomic mass is 10.2. The van der Waals surface area contributed by atoms with Crippen LogP contribution in [0.15, 0.2) is 47.1 Å². The lowest BCUT2D eigenvalue weighted by Crippen LogP contribution is -2.27. The summed E-state index contributed by atoms with van der Waals surface area (Å²) in [5, 5.41) is 2.71. The Morgan fingerprint density at radius 3 is 2.72 bits per heavy atom. The minimum atomic E-state index is -0.229. The van der Waals surface area contributed by atoms with E-state index in [0.717, 1.165) is 5.75 Å². The van der Waals surface area contributed by atoms with Crippen LogP contribution in [0.2, 0.25) is 0 Å². The maximum atomic E-state index is 11.5. The number of carbonyl (C=O) groups excluding carboxylic acids is 1. The number of hydrogen-bond acceptors (Lipinski definition) is 3. The van der Waals surface area contributed by atoms with Crippen molar-refractivity contribution >= 4 is 5.91 Å². The van der Waals surface area contributed by atoms with Gasteiger partial charge in [0.2, 0.25) is 0 Å². The molecule has 2 rings (SSSR count). The highest BCUT2D eigenvalue weighted by Crippen LogP contribution is 2.10. The van der Waals surface area contributed by atoms with Gasteiger partial charge in [0.05, 0.1) is 12.8 Å². The molecular weight excluding hydrogens is 230 g/mol. The zero-order valence-corrected chi connectivity index (χ0v) is 10.2. The van der Waals surface area contributed by atoms with E-state index in [-0.39, 0.29) is 5.91 Å². The van der Waals surface area contributed by atoms with Gasteiger partial charge in [-0.2, -0.15) is 0 Å². The smallest absolute Gasteiger partial charge is 0.287 e. The number of aryl methyl sites for hydroxylation is 1. The first-order valence-corrected chi connectivity index (χ1v) is 5.77. The van der Waals surface area contributed by atoms with Gasteiger partial charge in [-0.1, -0.05) is 17.7 Å². The first-order valence-electron chi connectivity index (χ1n) is 5.77. The van der Waals surface area contributed by atoms with E-state index in [1.54, 1.807) is 12.1 Å². The SMILES string of the molecule is Cc1ccc(OCCNC(=O)c2ccco2)cc1. The molecule has 94 valence electrons. The van der Waals surface area contributed by atoms with Gasteiger partial charge in [0, 0.05) is 0 Å². The molecule has 1 N–H and O–H groups in total. The average molecular weight is 245 g/mol. The third kappa shape index (κ3) is 3.38. The highest BCUT2D eigenvalue weighted by Gasteiger charge is 2.06. The quantitative estimate of drug-likeness (QED) is 0.823. The Hall–Kier alpha value is -2.23. The van der Waals surface area contributed by atoms with Crippen LogP contribution in [0.25, 0.3) is 0 Å². The van der Waals surface area contributed by atoms with Crippen LogP contribution in [-0.2, 0) is 0 Å². The Labute approximate surface area is 106 Å². The van der Waals surface area contributed by atoms with Gasteiger partial charge in [-0.3, -0.25) is 4.79 Å². The fraction of sp³-hybridized carbons (Fsp3) is 0.214. The molecule has 0 atom stereocenters. The standard InChI is InChI=1S/C14H15NO3/c1-11-4-6-12(7-5-11)17-10-8-15-14(16)13-3-2-9-18-13/h2-7,9H,8,10H2,1H3,(H,15,16). The number of hydrogen-bond donors (Lipinski definition) is 1. The van der Waals surface area contributed by atoms with Crippen molar-refractivity contribution in [3.63, 3.8) is 0 Å². The fourth-order valence-electron chi connectivity index (χ4n) is 1.46. The molecule has 0 aliphatic rings. The molecule has 18 heavy (non-hydrogen) atoms. The van der Waals surface area contributed by atoms with E-state index in [1.807, 2.05) is 31.2 Å². The Bertz CT molecular complexity index is 488. The highest BCUT2D eigenvalue weighted by atomic mass is 16.5. The molecule has 1 heterocycles. The summed E-state index contributed by atoms with van der Waals surface area (Å²) in [7, 11) is 0. The number of nitrogens with one attached hydrogen (secondary N) is 1. The molecule has 0 aliphatic carbocycles. The van der Waals surface area contributed by atoms with Gasteiger partial charge in [0.15, 0.2) is 5.76 Å². The second kappa shape index (κ2) is 5.91. The van der Waals surface area contributed by atoms with Crippen LogP contribution in [0, 0.1) is 6.92 Å². The zero-order chi connectivity index (χ0) is 12.8. The average Bonchev–Trinajstić information content (AvgIpc) is 2.90. The summed E-state index contributed by atoms with van der Waals surface area (Å²) in [5.41, 5.74) is 1.19. The number of carbonyl (C=O) groups is 1. The van der Waals surface area contributed by atoms with Crippen molar-refractivity contribution in [2.24, 2.45) is 0 Å². The van der Waals surface area contributed by atoms with Gasteiger partial charge in [0.25, 0.3) is 5.91 Å². The largest absolute Gasteiger partial charge is 0.492 e. The number of rotatable bonds is 5. The molecule has 2 aromatic rings. The first kappa shape index (κ1) is 12.2. The van der Waals surface area contributed by atoms with Crippen LogP contribution in [0.4, 0.5) is 0 Å². The third-order valence-electron chi connectivity index (χ3n) is 2.42. The van der Waals surface area contributed by atoms with Crippen LogP contribution >= 0.6 is 0 Å². The summed E-state index contributed by atoms with van der Waals surface area (Å²) in [6.45, 7) is 2.89. The van der Waals surface area contributed by atoms with Gasteiger partial charge >= 0.3 is 0 Å². The van der Waals surface area contributed by atoms with Crippen molar-refractivity contribution in [2.45, 2.75) is 6.92 Å². The lowest BCUT2D eigenvalue weighted by Gasteiger charge is -2.07. The van der Waals surface area contributed by atoms with E-state index >= 15 is 0 Å². The predicted octanol–water partition coefficient (Wildman–Crippen LogP) is 2.40. The van der Waals surface area contributed by atoms with Gasteiger partial charge in [0.1, 0.15) is 12.4 Å². The monoisotopic (exact) mass is 245 g/mol. The molecular formula is C14H15NO3. The Morgan fingerprint density at radius 1 is 1.28 bits per heavy atom. The Morgan fingerprint density at radius 2 is 2.06 bits per heavy atom. The number of furan rings is 1. The first-order chi connectivity index (χ1) is 8.75.